The summed E-state index contributed by atoms with van der Waals surface area (Å²) >= 11 is 0. The van der Waals surface area contributed by atoms with Gasteiger partial charge in [0.15, 0.2) is 0 Å². The summed E-state index contributed by atoms with van der Waals surface area (Å²) in [5.74, 6) is -0.976. The smallest absolute Gasteiger partial charge is 0.412 e. The average Bonchev–Trinajstić information content (AvgIpc) is 2.67. The quantitative estimate of drug-likeness (QED) is 0.595. The number of nitrogens with one attached hydrogen (secondary N) is 3. The molecule has 2 rings (SSSR count). The summed E-state index contributed by atoms with van der Waals surface area (Å²) < 4.78 is 44.6. The number of amides is 2. The molecule has 0 spiro atoms. The Morgan fingerprint density at radius 2 is 1.65 bits per heavy atom. The van der Waals surface area contributed by atoms with Gasteiger partial charge in [0, 0.05) is 6.42 Å². The van der Waals surface area contributed by atoms with Gasteiger partial charge >= 0.3 is 6.09 Å². The number of hydrogen-bond donors (Lipinski definition) is 3. The minimum atomic E-state index is -3.53. The van der Waals surface area contributed by atoms with E-state index in [1.54, 1.807) is 32.9 Å². The van der Waals surface area contributed by atoms with Gasteiger partial charge in [-0.25, -0.2) is 22.3 Å². The zero-order chi connectivity index (χ0) is 23.2. The van der Waals surface area contributed by atoms with Gasteiger partial charge in [-0.2, -0.15) is 0 Å². The number of ether oxygens (including phenoxy) is 1. The number of carbonyl (C=O) groups is 2. The standard InChI is InChI=1S/C21H26FN3O5S/c1-21(2,3)30-20(27)25-17-11-8-15(22)13-18(17)24-19(26)12-7-14-5-9-16(10-6-14)31(28,29)23-4/h5-6,8-11,13,23H,7,12H2,1-4H3,(H,24,26)(H,25,27). The maximum absolute atomic E-state index is 13.7. The molecule has 0 radical (unpaired) electrons. The van der Waals surface area contributed by atoms with Crippen molar-refractivity contribution < 1.29 is 27.1 Å². The van der Waals surface area contributed by atoms with Crippen LogP contribution in [0.4, 0.5) is 20.6 Å². The molecule has 0 aliphatic carbocycles. The molecule has 2 amide bonds. The molecular weight excluding hydrogens is 425 g/mol. The zero-order valence-corrected chi connectivity index (χ0v) is 18.6. The molecule has 0 aliphatic rings. The fourth-order valence-corrected chi connectivity index (χ4v) is 3.30. The largest absolute Gasteiger partial charge is 0.444 e. The second kappa shape index (κ2) is 9.88. The Balaban J connectivity index is 2.02. The molecule has 0 bridgehead atoms. The lowest BCUT2D eigenvalue weighted by atomic mass is 10.1. The first-order valence-electron chi connectivity index (χ1n) is 9.51. The predicted molar refractivity (Wildman–Crippen MR) is 116 cm³/mol. The normalized spacial score (nSPS) is 11.6. The van der Waals surface area contributed by atoms with Gasteiger partial charge in [-0.05, 0) is 70.1 Å². The highest BCUT2D eigenvalue weighted by Crippen LogP contribution is 2.24. The highest BCUT2D eigenvalue weighted by Gasteiger charge is 2.18. The lowest BCUT2D eigenvalue weighted by Crippen LogP contribution is -2.27. The van der Waals surface area contributed by atoms with Crippen LogP contribution in [0.15, 0.2) is 47.4 Å². The van der Waals surface area contributed by atoms with Crippen LogP contribution in [0.5, 0.6) is 0 Å². The molecule has 0 fully saturated rings. The summed E-state index contributed by atoms with van der Waals surface area (Å²) in [6.45, 7) is 5.13. The molecule has 0 heterocycles. The van der Waals surface area contributed by atoms with E-state index in [0.717, 1.165) is 17.7 Å². The average molecular weight is 452 g/mol. The molecule has 8 nitrogen and oxygen atoms in total. The van der Waals surface area contributed by atoms with Gasteiger partial charge < -0.3 is 10.1 Å². The molecule has 0 saturated carbocycles. The molecule has 168 valence electrons. The van der Waals surface area contributed by atoms with Crippen molar-refractivity contribution >= 4 is 33.4 Å². The molecule has 31 heavy (non-hydrogen) atoms. The van der Waals surface area contributed by atoms with Gasteiger partial charge in [0.25, 0.3) is 0 Å². The molecule has 2 aromatic rings. The first-order chi connectivity index (χ1) is 14.4. The van der Waals surface area contributed by atoms with Crippen LogP contribution in [0, 0.1) is 5.82 Å². The van der Waals surface area contributed by atoms with E-state index < -0.39 is 33.4 Å². The third-order valence-corrected chi connectivity index (χ3v) is 5.46. The van der Waals surface area contributed by atoms with E-state index in [9.17, 15) is 22.4 Å². The number of halogens is 1. The molecule has 2 aromatic carbocycles. The van der Waals surface area contributed by atoms with Gasteiger partial charge in [-0.15, -0.1) is 0 Å². The maximum Gasteiger partial charge on any atom is 0.412 e. The minimum absolute atomic E-state index is 0.0700. The Labute approximate surface area is 181 Å². The van der Waals surface area contributed by atoms with Crippen LogP contribution in [-0.4, -0.2) is 33.1 Å². The van der Waals surface area contributed by atoms with Crippen LogP contribution in [0.2, 0.25) is 0 Å². The molecule has 0 unspecified atom stereocenters. The maximum atomic E-state index is 13.7. The van der Waals surface area contributed by atoms with Crippen molar-refractivity contribution in [1.29, 1.82) is 0 Å². The molecule has 10 heteroatoms. The van der Waals surface area contributed by atoms with Crippen LogP contribution in [0.1, 0.15) is 32.8 Å². The first kappa shape index (κ1) is 24.3. The van der Waals surface area contributed by atoms with Gasteiger partial charge in [0.2, 0.25) is 15.9 Å². The van der Waals surface area contributed by atoms with Crippen LogP contribution in [-0.2, 0) is 26.0 Å². The lowest BCUT2D eigenvalue weighted by molar-refractivity contribution is -0.116. The van der Waals surface area contributed by atoms with Crippen molar-refractivity contribution in [3.8, 4) is 0 Å². The van der Waals surface area contributed by atoms with Crippen LogP contribution < -0.4 is 15.4 Å². The van der Waals surface area contributed by atoms with Crippen LogP contribution in [0.3, 0.4) is 0 Å². The lowest BCUT2D eigenvalue weighted by Gasteiger charge is -2.20. The SMILES string of the molecule is CNS(=O)(=O)c1ccc(CCC(=O)Nc2cc(F)ccc2NC(=O)OC(C)(C)C)cc1. The molecule has 3 N–H and O–H groups in total. The Bertz CT molecular complexity index is 1050. The van der Waals surface area contributed by atoms with E-state index in [1.807, 2.05) is 0 Å². The fourth-order valence-electron chi connectivity index (χ4n) is 2.57. The predicted octanol–water partition coefficient (Wildman–Crippen LogP) is 3.65. The van der Waals surface area contributed by atoms with Crippen molar-refractivity contribution in [3.63, 3.8) is 0 Å². The minimum Gasteiger partial charge on any atom is -0.444 e. The summed E-state index contributed by atoms with van der Waals surface area (Å²) in [6.07, 6.45) is -0.317. The second-order valence-electron chi connectivity index (χ2n) is 7.72. The number of anilines is 2. The molecule has 0 atom stereocenters. The third kappa shape index (κ3) is 7.65. The molecule has 0 aliphatic heterocycles. The van der Waals surface area contributed by atoms with E-state index in [2.05, 4.69) is 15.4 Å². The number of hydrogen-bond acceptors (Lipinski definition) is 5. The Kier molecular flexibility index (Phi) is 7.75. The van der Waals surface area contributed by atoms with Gasteiger partial charge in [0.1, 0.15) is 11.4 Å². The van der Waals surface area contributed by atoms with Crippen molar-refractivity contribution in [2.45, 2.75) is 44.1 Å². The summed E-state index contributed by atoms with van der Waals surface area (Å²) in [4.78, 5) is 24.5. The fraction of sp³-hybridized carbons (Fsp3) is 0.333. The zero-order valence-electron chi connectivity index (χ0n) is 17.8. The topological polar surface area (TPSA) is 114 Å². The van der Waals surface area contributed by atoms with Gasteiger partial charge in [-0.1, -0.05) is 12.1 Å². The van der Waals surface area contributed by atoms with Crippen LogP contribution in [0.25, 0.3) is 0 Å². The summed E-state index contributed by atoms with van der Waals surface area (Å²) in [5.41, 5.74) is 0.351. The molecular formula is C21H26FN3O5S. The summed E-state index contributed by atoms with van der Waals surface area (Å²) in [6, 6.07) is 9.73. The van der Waals surface area contributed by atoms with Crippen molar-refractivity contribution in [2.24, 2.45) is 0 Å². The number of sulfonamides is 1. The van der Waals surface area contributed by atoms with E-state index in [0.29, 0.717) is 6.42 Å². The van der Waals surface area contributed by atoms with Gasteiger partial charge in [-0.3, -0.25) is 10.1 Å². The highest BCUT2D eigenvalue weighted by atomic mass is 32.2. The summed E-state index contributed by atoms with van der Waals surface area (Å²) in [7, 11) is -2.20. The van der Waals surface area contributed by atoms with E-state index in [4.69, 9.17) is 4.74 Å². The van der Waals surface area contributed by atoms with E-state index in [-0.39, 0.29) is 22.7 Å². The van der Waals surface area contributed by atoms with Crippen LogP contribution >= 0.6 is 0 Å². The van der Waals surface area contributed by atoms with E-state index >= 15 is 0 Å². The molecule has 0 saturated heterocycles. The number of benzene rings is 2. The highest BCUT2D eigenvalue weighted by molar-refractivity contribution is 7.89. The van der Waals surface area contributed by atoms with Crippen molar-refractivity contribution in [3.05, 3.63) is 53.8 Å². The Morgan fingerprint density at radius 3 is 2.23 bits per heavy atom. The number of rotatable bonds is 7. The van der Waals surface area contributed by atoms with E-state index in [1.165, 1.54) is 25.2 Å². The Morgan fingerprint density at radius 1 is 1.00 bits per heavy atom. The first-order valence-corrected chi connectivity index (χ1v) is 11.0. The number of aryl methyl sites for hydroxylation is 1. The third-order valence-electron chi connectivity index (χ3n) is 4.03. The monoisotopic (exact) mass is 451 g/mol. The Hall–Kier alpha value is -2.98. The van der Waals surface area contributed by atoms with Gasteiger partial charge in [0.05, 0.1) is 16.3 Å². The number of carbonyl (C=O) groups excluding carboxylic acids is 2. The summed E-state index contributed by atoms with van der Waals surface area (Å²) in [5, 5.41) is 5.07. The van der Waals surface area contributed by atoms with Crippen molar-refractivity contribution in [1.82, 2.24) is 4.72 Å². The second-order valence-corrected chi connectivity index (χ2v) is 9.60. The van der Waals surface area contributed by atoms with Crippen molar-refractivity contribution in [2.75, 3.05) is 17.7 Å². The molecule has 0 aromatic heterocycles.